The number of ether oxygens (including phenoxy) is 2. The minimum absolute atomic E-state index is 0.140. The largest absolute Gasteiger partial charge is 0.444 e. The lowest BCUT2D eigenvalue weighted by atomic mass is 10.1. The molecule has 2 N–H and O–H groups in total. The molecule has 2 rings (SSSR count). The minimum Gasteiger partial charge on any atom is -0.444 e. The van der Waals surface area contributed by atoms with E-state index in [4.69, 9.17) is 9.47 Å². The van der Waals surface area contributed by atoms with Crippen molar-refractivity contribution in [3.8, 4) is 0 Å². The lowest BCUT2D eigenvalue weighted by Crippen LogP contribution is -2.54. The van der Waals surface area contributed by atoms with Gasteiger partial charge in [-0.3, -0.25) is 14.6 Å². The van der Waals surface area contributed by atoms with E-state index in [-0.39, 0.29) is 18.2 Å². The van der Waals surface area contributed by atoms with Gasteiger partial charge in [-0.25, -0.2) is 4.79 Å². The molecule has 0 bridgehead atoms. The number of nitrogens with one attached hydrogen (secondary N) is 2. The van der Waals surface area contributed by atoms with Gasteiger partial charge < -0.3 is 20.1 Å². The average molecular weight is 409 g/mol. The summed E-state index contributed by atoms with van der Waals surface area (Å²) in [5.41, 5.74) is -0.155. The molecule has 0 aliphatic carbocycles. The second-order valence-electron chi connectivity index (χ2n) is 8.84. The summed E-state index contributed by atoms with van der Waals surface area (Å²) in [4.78, 5) is 18.8. The number of guanidine groups is 1. The molecule has 9 heteroatoms. The van der Waals surface area contributed by atoms with Crippen LogP contribution in [0, 0.1) is 0 Å². The van der Waals surface area contributed by atoms with Gasteiger partial charge in [0, 0.05) is 33.4 Å². The zero-order chi connectivity index (χ0) is 21.8. The summed E-state index contributed by atoms with van der Waals surface area (Å²) in [5.74, 6) is 0.676. The van der Waals surface area contributed by atoms with Crippen molar-refractivity contribution in [3.63, 3.8) is 0 Å². The Labute approximate surface area is 173 Å². The van der Waals surface area contributed by atoms with Crippen LogP contribution in [0.1, 0.15) is 47.1 Å². The highest BCUT2D eigenvalue weighted by molar-refractivity contribution is 5.79. The fraction of sp³-hybridized carbons (Fsp3) is 0.750. The molecule has 29 heavy (non-hydrogen) atoms. The highest BCUT2D eigenvalue weighted by atomic mass is 16.6. The van der Waals surface area contributed by atoms with Gasteiger partial charge in [0.15, 0.2) is 5.96 Å². The number of aliphatic imine (C=N–C) groups is 1. The molecule has 1 aliphatic heterocycles. The third-order valence-electron chi connectivity index (χ3n) is 4.68. The number of aromatic nitrogens is 2. The first kappa shape index (κ1) is 23.0. The normalized spacial score (nSPS) is 21.9. The van der Waals surface area contributed by atoms with Crippen molar-refractivity contribution in [1.29, 1.82) is 0 Å². The number of rotatable bonds is 5. The summed E-state index contributed by atoms with van der Waals surface area (Å²) in [5, 5.41) is 10.8. The lowest BCUT2D eigenvalue weighted by Gasteiger charge is -2.35. The maximum absolute atomic E-state index is 12.8. The van der Waals surface area contributed by atoms with Gasteiger partial charge in [0.25, 0.3) is 0 Å². The van der Waals surface area contributed by atoms with E-state index in [1.165, 1.54) is 0 Å². The van der Waals surface area contributed by atoms with Crippen LogP contribution in [0.15, 0.2) is 17.4 Å². The van der Waals surface area contributed by atoms with Crippen molar-refractivity contribution in [2.75, 3.05) is 20.1 Å². The van der Waals surface area contributed by atoms with E-state index in [0.717, 1.165) is 18.5 Å². The summed E-state index contributed by atoms with van der Waals surface area (Å²) in [6.45, 7) is 12.5. The Hall–Kier alpha value is -2.29. The molecule has 1 aliphatic rings. The van der Waals surface area contributed by atoms with Gasteiger partial charge in [0.05, 0.1) is 18.3 Å². The van der Waals surface area contributed by atoms with Gasteiger partial charge in [0.2, 0.25) is 0 Å². The number of aryl methyl sites for hydroxylation is 1. The molecule has 0 aromatic carbocycles. The zero-order valence-electron chi connectivity index (χ0n) is 18.9. The number of nitrogens with zero attached hydrogens (tertiary/aromatic N) is 4. The van der Waals surface area contributed by atoms with Crippen molar-refractivity contribution in [2.24, 2.45) is 12.0 Å². The average Bonchev–Trinajstić information content (AvgIpc) is 3.08. The lowest BCUT2D eigenvalue weighted by molar-refractivity contribution is -0.0755. The number of amides is 1. The molecule has 2 heterocycles. The van der Waals surface area contributed by atoms with Gasteiger partial charge in [-0.2, -0.15) is 5.10 Å². The van der Waals surface area contributed by atoms with Gasteiger partial charge >= 0.3 is 6.09 Å². The van der Waals surface area contributed by atoms with Crippen molar-refractivity contribution in [1.82, 2.24) is 25.3 Å². The van der Waals surface area contributed by atoms with Crippen molar-refractivity contribution < 1.29 is 14.3 Å². The second-order valence-corrected chi connectivity index (χ2v) is 8.84. The van der Waals surface area contributed by atoms with Gasteiger partial charge in [-0.05, 0) is 53.5 Å². The SMILES string of the molecule is CN=C(NCCc1cnn(C)c1)NCC1C(C)OC(C)(C)N1C(=O)OC(C)(C)C. The zero-order valence-corrected chi connectivity index (χ0v) is 18.9. The van der Waals surface area contributed by atoms with Crippen LogP contribution in [0.25, 0.3) is 0 Å². The summed E-state index contributed by atoms with van der Waals surface area (Å²) in [6, 6.07) is -0.184. The van der Waals surface area contributed by atoms with E-state index in [2.05, 4.69) is 20.7 Å². The standard InChI is InChI=1S/C20H36N6O3/c1-14-16(26(20(5,6)28-14)18(27)29-19(2,3)4)12-23-17(21-7)22-10-9-15-11-24-25(8)13-15/h11,13-14,16H,9-10,12H2,1-8H3,(H2,21,22,23). The molecule has 1 saturated heterocycles. The second kappa shape index (κ2) is 9.02. The molecule has 0 radical (unpaired) electrons. The van der Waals surface area contributed by atoms with Crippen LogP contribution < -0.4 is 10.6 Å². The molecule has 1 amide bonds. The summed E-state index contributed by atoms with van der Waals surface area (Å²) in [7, 11) is 3.63. The molecular weight excluding hydrogens is 372 g/mol. The van der Waals surface area contributed by atoms with E-state index in [1.54, 1.807) is 16.6 Å². The van der Waals surface area contributed by atoms with Crippen LogP contribution in [0.2, 0.25) is 0 Å². The van der Waals surface area contributed by atoms with Crippen LogP contribution >= 0.6 is 0 Å². The van der Waals surface area contributed by atoms with E-state index in [0.29, 0.717) is 12.5 Å². The minimum atomic E-state index is -0.745. The Morgan fingerprint density at radius 3 is 2.62 bits per heavy atom. The fourth-order valence-corrected chi connectivity index (χ4v) is 3.47. The van der Waals surface area contributed by atoms with E-state index < -0.39 is 11.3 Å². The Kier molecular flexibility index (Phi) is 7.15. The van der Waals surface area contributed by atoms with Crippen LogP contribution in [0.3, 0.4) is 0 Å². The van der Waals surface area contributed by atoms with E-state index in [1.807, 2.05) is 61.0 Å². The molecule has 1 aromatic heterocycles. The molecule has 0 spiro atoms. The summed E-state index contributed by atoms with van der Waals surface area (Å²) < 4.78 is 13.4. The molecule has 0 saturated carbocycles. The number of hydrogen-bond donors (Lipinski definition) is 2. The Bertz CT molecular complexity index is 722. The first-order valence-electron chi connectivity index (χ1n) is 10.0. The first-order chi connectivity index (χ1) is 13.4. The monoisotopic (exact) mass is 408 g/mol. The van der Waals surface area contributed by atoms with Gasteiger partial charge in [-0.1, -0.05) is 0 Å². The molecule has 9 nitrogen and oxygen atoms in total. The van der Waals surface area contributed by atoms with Crippen LogP contribution in [-0.4, -0.2) is 70.3 Å². The van der Waals surface area contributed by atoms with Gasteiger partial charge in [-0.15, -0.1) is 0 Å². The van der Waals surface area contributed by atoms with E-state index >= 15 is 0 Å². The maximum atomic E-state index is 12.8. The van der Waals surface area contributed by atoms with Crippen LogP contribution in [0.5, 0.6) is 0 Å². The molecule has 2 atom stereocenters. The smallest absolute Gasteiger partial charge is 0.412 e. The van der Waals surface area contributed by atoms with E-state index in [9.17, 15) is 4.79 Å². The molecule has 1 aromatic rings. The highest BCUT2D eigenvalue weighted by Gasteiger charge is 2.49. The summed E-state index contributed by atoms with van der Waals surface area (Å²) in [6.07, 6.45) is 4.18. The van der Waals surface area contributed by atoms with Crippen molar-refractivity contribution >= 4 is 12.1 Å². The molecule has 164 valence electrons. The first-order valence-corrected chi connectivity index (χ1v) is 10.0. The number of hydrogen-bond acceptors (Lipinski definition) is 5. The van der Waals surface area contributed by atoms with Gasteiger partial charge in [0.1, 0.15) is 11.3 Å². The predicted molar refractivity (Wildman–Crippen MR) is 113 cm³/mol. The Balaban J connectivity index is 1.95. The predicted octanol–water partition coefficient (Wildman–Crippen LogP) is 1.89. The quantitative estimate of drug-likeness (QED) is 0.571. The topological polar surface area (TPSA) is 93.0 Å². The van der Waals surface area contributed by atoms with Crippen molar-refractivity contribution in [2.45, 2.75) is 71.4 Å². The Morgan fingerprint density at radius 1 is 1.38 bits per heavy atom. The summed E-state index contributed by atoms with van der Waals surface area (Å²) >= 11 is 0. The molecular formula is C20H36N6O3. The maximum Gasteiger partial charge on any atom is 0.412 e. The van der Waals surface area contributed by atoms with Crippen LogP contribution in [0.4, 0.5) is 4.79 Å². The van der Waals surface area contributed by atoms with Crippen LogP contribution in [-0.2, 0) is 22.9 Å². The third-order valence-corrected chi connectivity index (χ3v) is 4.68. The highest BCUT2D eigenvalue weighted by Crippen LogP contribution is 2.33. The number of carbonyl (C=O) groups is 1. The molecule has 2 unspecified atom stereocenters. The number of carbonyl (C=O) groups excluding carboxylic acids is 1. The van der Waals surface area contributed by atoms with Crippen molar-refractivity contribution in [3.05, 3.63) is 18.0 Å². The molecule has 1 fully saturated rings. The fourth-order valence-electron chi connectivity index (χ4n) is 3.47. The third kappa shape index (κ3) is 6.35. The Morgan fingerprint density at radius 2 is 2.07 bits per heavy atom.